The number of cyclic esters (lactones) is 4. The standard InChI is InChI=1S/2C12H24NO3.FH2O3P/c2*1-5-13(6-2,7-3)10(4)8-11-9-15-12(14)16-11;1-5(2,3)4/h2*10-11H,5-9H2,1-4H3;(H2,2,3,4)/q2*+1;/p-2. The minimum absolute atomic E-state index is 0.0513. The van der Waals surface area contributed by atoms with Gasteiger partial charge in [0.1, 0.15) is 33.3 Å². The van der Waals surface area contributed by atoms with Gasteiger partial charge in [0.05, 0.1) is 51.4 Å². The Morgan fingerprint density at radius 3 is 1.16 bits per heavy atom. The maximum absolute atomic E-state index is 10.8. The first-order chi connectivity index (χ1) is 17.1. The molecule has 0 aromatic rings. The monoisotopic (exact) mass is 558 g/mol. The van der Waals surface area contributed by atoms with E-state index in [1.807, 2.05) is 0 Å². The van der Waals surface area contributed by atoms with Gasteiger partial charge in [-0.1, -0.05) is 0 Å². The van der Waals surface area contributed by atoms with Crippen LogP contribution in [0, 0.1) is 0 Å². The third kappa shape index (κ3) is 12.3. The van der Waals surface area contributed by atoms with E-state index in [2.05, 4.69) is 55.4 Å². The third-order valence-electron chi connectivity index (χ3n) is 8.16. The van der Waals surface area contributed by atoms with Crippen molar-refractivity contribution in [3.63, 3.8) is 0 Å². The van der Waals surface area contributed by atoms with Crippen molar-refractivity contribution in [2.75, 3.05) is 52.5 Å². The van der Waals surface area contributed by atoms with Gasteiger partial charge in [-0.25, -0.2) is 13.8 Å². The van der Waals surface area contributed by atoms with Gasteiger partial charge in [-0.2, -0.15) is 0 Å². The highest BCUT2D eigenvalue weighted by atomic mass is 31.2. The van der Waals surface area contributed by atoms with Crippen molar-refractivity contribution in [3.8, 4) is 0 Å². The van der Waals surface area contributed by atoms with Crippen molar-refractivity contribution < 1.29 is 56.1 Å². The van der Waals surface area contributed by atoms with E-state index in [-0.39, 0.29) is 12.2 Å². The van der Waals surface area contributed by atoms with Gasteiger partial charge in [0, 0.05) is 12.8 Å². The summed E-state index contributed by atoms with van der Waals surface area (Å²) in [5.74, 6) is 0. The molecule has 2 aliphatic heterocycles. The van der Waals surface area contributed by atoms with Gasteiger partial charge in [0.25, 0.3) is 0 Å². The van der Waals surface area contributed by atoms with Crippen molar-refractivity contribution >= 4 is 20.2 Å². The first-order valence-electron chi connectivity index (χ1n) is 13.3. The molecule has 0 saturated carbocycles. The Labute approximate surface area is 221 Å². The molecule has 0 spiro atoms. The van der Waals surface area contributed by atoms with Crippen LogP contribution in [0.3, 0.4) is 0 Å². The number of quaternary nitrogens is 2. The zero-order valence-corrected chi connectivity index (χ0v) is 24.7. The summed E-state index contributed by atoms with van der Waals surface area (Å²) in [6, 6.07) is 0.999. The Balaban J connectivity index is 0.000000594. The molecular weight excluding hydrogens is 510 g/mol. The highest BCUT2D eigenvalue weighted by Crippen LogP contribution is 2.23. The number of carbonyl (C=O) groups is 2. The minimum Gasteiger partial charge on any atom is -0.786 e. The zero-order chi connectivity index (χ0) is 28.9. The maximum atomic E-state index is 10.8. The topological polar surface area (TPSA) is 134 Å². The fourth-order valence-electron chi connectivity index (χ4n) is 5.38. The second-order valence-corrected chi connectivity index (χ2v) is 10.4. The Hall–Kier alpha value is -1.46. The number of carbonyl (C=O) groups excluding carboxylic acids is 2. The number of ether oxygens (including phenoxy) is 4. The van der Waals surface area contributed by atoms with Crippen LogP contribution in [0.5, 0.6) is 0 Å². The van der Waals surface area contributed by atoms with Crippen LogP contribution in [-0.2, 0) is 23.5 Å². The second-order valence-electron chi connectivity index (χ2n) is 9.54. The fourth-order valence-corrected chi connectivity index (χ4v) is 5.38. The van der Waals surface area contributed by atoms with Crippen molar-refractivity contribution in [3.05, 3.63) is 0 Å². The number of hydrogen-bond acceptors (Lipinski definition) is 9. The van der Waals surface area contributed by atoms with Crippen LogP contribution in [0.1, 0.15) is 68.2 Å². The lowest BCUT2D eigenvalue weighted by Crippen LogP contribution is -2.54. The average Bonchev–Trinajstić information content (AvgIpc) is 3.43. The molecule has 220 valence electrons. The van der Waals surface area contributed by atoms with E-state index in [4.69, 9.17) is 33.3 Å². The third-order valence-corrected chi connectivity index (χ3v) is 8.16. The lowest BCUT2D eigenvalue weighted by Gasteiger charge is -2.42. The molecule has 11 nitrogen and oxygen atoms in total. The van der Waals surface area contributed by atoms with E-state index >= 15 is 0 Å². The molecule has 0 aromatic heterocycles. The van der Waals surface area contributed by atoms with Crippen LogP contribution >= 0.6 is 7.91 Å². The SMILES string of the molecule is CC[N+](CC)(CC)C(C)CC1COC(=O)O1.CC[N+](CC)(CC)C(C)CC1COC(=O)O1.O=P([O-])([O-])F. The number of rotatable bonds is 12. The van der Waals surface area contributed by atoms with Gasteiger partial charge in [-0.05, 0) is 55.4 Å². The van der Waals surface area contributed by atoms with Gasteiger partial charge in [0.15, 0.2) is 0 Å². The quantitative estimate of drug-likeness (QED) is 0.201. The molecule has 2 heterocycles. The van der Waals surface area contributed by atoms with Crippen LogP contribution in [0.2, 0.25) is 0 Å². The predicted molar refractivity (Wildman–Crippen MR) is 133 cm³/mol. The molecule has 0 amide bonds. The van der Waals surface area contributed by atoms with Crippen molar-refractivity contribution in [2.24, 2.45) is 0 Å². The molecule has 0 aliphatic carbocycles. The summed E-state index contributed by atoms with van der Waals surface area (Å²) >= 11 is 0. The summed E-state index contributed by atoms with van der Waals surface area (Å²) in [6.45, 7) is 25.4. The smallest absolute Gasteiger partial charge is 0.508 e. The Morgan fingerprint density at radius 1 is 0.757 bits per heavy atom. The molecule has 2 aliphatic rings. The fraction of sp³-hybridized carbons (Fsp3) is 0.917. The molecular formula is C24H48FN2O9P. The molecule has 2 fully saturated rings. The number of hydrogen-bond donors (Lipinski definition) is 0. The van der Waals surface area contributed by atoms with E-state index in [1.165, 1.54) is 0 Å². The number of halogens is 1. The van der Waals surface area contributed by atoms with Crippen molar-refractivity contribution in [1.29, 1.82) is 0 Å². The van der Waals surface area contributed by atoms with Crippen molar-refractivity contribution in [1.82, 2.24) is 0 Å². The molecule has 4 atom stereocenters. The summed E-state index contributed by atoms with van der Waals surface area (Å²) in [4.78, 5) is 38.6. The minimum atomic E-state index is -5.64. The van der Waals surface area contributed by atoms with Crippen LogP contribution in [-0.4, -0.2) is 98.1 Å². The molecule has 4 unspecified atom stereocenters. The van der Waals surface area contributed by atoms with Crippen LogP contribution in [0.4, 0.5) is 13.8 Å². The summed E-state index contributed by atoms with van der Waals surface area (Å²) < 4.78 is 40.5. The summed E-state index contributed by atoms with van der Waals surface area (Å²) in [7, 11) is -5.64. The summed E-state index contributed by atoms with van der Waals surface area (Å²) in [5, 5.41) is 0. The lowest BCUT2D eigenvalue weighted by molar-refractivity contribution is -0.945. The normalized spacial score (nSPS) is 21.3. The van der Waals surface area contributed by atoms with Crippen LogP contribution in [0.25, 0.3) is 0 Å². The lowest BCUT2D eigenvalue weighted by atomic mass is 10.1. The maximum Gasteiger partial charge on any atom is 0.508 e. The Kier molecular flexibility index (Phi) is 15.8. The molecule has 13 heteroatoms. The van der Waals surface area contributed by atoms with Gasteiger partial charge in [-0.15, -0.1) is 0 Å². The van der Waals surface area contributed by atoms with E-state index in [9.17, 15) is 13.8 Å². The molecule has 2 saturated heterocycles. The van der Waals surface area contributed by atoms with E-state index in [0.717, 1.165) is 61.1 Å². The van der Waals surface area contributed by atoms with E-state index < -0.39 is 20.2 Å². The van der Waals surface area contributed by atoms with Gasteiger partial charge < -0.3 is 42.3 Å². The van der Waals surface area contributed by atoms with Gasteiger partial charge in [-0.3, -0.25) is 0 Å². The largest absolute Gasteiger partial charge is 0.786 e. The molecule has 0 bridgehead atoms. The Morgan fingerprint density at radius 2 is 1.00 bits per heavy atom. The Bertz CT molecular complexity index is 654. The second kappa shape index (κ2) is 16.5. The molecule has 0 aromatic carbocycles. The summed E-state index contributed by atoms with van der Waals surface area (Å²) in [5.41, 5.74) is 0. The average molecular weight is 559 g/mol. The van der Waals surface area contributed by atoms with E-state index in [1.54, 1.807) is 0 Å². The zero-order valence-electron chi connectivity index (χ0n) is 23.8. The first-order valence-corrected chi connectivity index (χ1v) is 14.7. The van der Waals surface area contributed by atoms with Crippen molar-refractivity contribution in [2.45, 2.75) is 92.5 Å². The summed E-state index contributed by atoms with van der Waals surface area (Å²) in [6.07, 6.45) is 0.650. The highest BCUT2D eigenvalue weighted by molar-refractivity contribution is 7.42. The van der Waals surface area contributed by atoms with Crippen LogP contribution in [0.15, 0.2) is 0 Å². The molecule has 37 heavy (non-hydrogen) atoms. The van der Waals surface area contributed by atoms with E-state index in [0.29, 0.717) is 25.3 Å². The highest BCUT2D eigenvalue weighted by Gasteiger charge is 2.36. The first kappa shape index (κ1) is 35.5. The predicted octanol–water partition coefficient (Wildman–Crippen LogP) is 3.14. The number of nitrogens with zero attached hydrogens (tertiary/aromatic N) is 2. The molecule has 0 N–H and O–H groups in total. The van der Waals surface area contributed by atoms with Gasteiger partial charge >= 0.3 is 12.3 Å². The van der Waals surface area contributed by atoms with Crippen LogP contribution < -0.4 is 9.79 Å². The molecule has 0 radical (unpaired) electrons. The van der Waals surface area contributed by atoms with Gasteiger partial charge in [0.2, 0.25) is 0 Å². The molecule has 2 rings (SSSR count).